The van der Waals surface area contributed by atoms with Gasteiger partial charge in [0.1, 0.15) is 24.1 Å². The van der Waals surface area contributed by atoms with Crippen molar-refractivity contribution in [2.75, 3.05) is 52.8 Å². The average Bonchev–Trinajstić information content (AvgIpc) is 2.92. The maximum Gasteiger partial charge on any atom is 0.298 e. The van der Waals surface area contributed by atoms with Gasteiger partial charge >= 0.3 is 0 Å². The van der Waals surface area contributed by atoms with E-state index >= 15 is 4.39 Å². The Hall–Kier alpha value is -3.77. The lowest BCUT2D eigenvalue weighted by molar-refractivity contribution is -0.131. The van der Waals surface area contributed by atoms with E-state index in [0.29, 0.717) is 60.2 Å². The summed E-state index contributed by atoms with van der Waals surface area (Å²) in [7, 11) is 5.21. The maximum absolute atomic E-state index is 15.1. The molecule has 1 aliphatic rings. The van der Waals surface area contributed by atoms with Crippen LogP contribution in [0, 0.1) is 12.7 Å². The molecule has 0 spiro atoms. The van der Waals surface area contributed by atoms with Crippen LogP contribution in [0.4, 0.5) is 19.0 Å². The van der Waals surface area contributed by atoms with Crippen molar-refractivity contribution in [2.45, 2.75) is 32.2 Å². The molecule has 1 amide bonds. The number of anilines is 1. The highest BCUT2D eigenvalue weighted by Crippen LogP contribution is 2.36. The minimum atomic E-state index is -3.71. The third-order valence-electron chi connectivity index (χ3n) is 6.76. The number of nitrogens with one attached hydrogen (secondary N) is 1. The molecule has 214 valence electrons. The molecule has 1 aliphatic heterocycles. The number of halogens is 3. The van der Waals surface area contributed by atoms with Crippen molar-refractivity contribution < 1.29 is 27.8 Å². The fourth-order valence-electron chi connectivity index (χ4n) is 4.69. The van der Waals surface area contributed by atoms with Crippen molar-refractivity contribution in [2.24, 2.45) is 0 Å². The number of likely N-dealkylation sites (N-methyl/N-ethyl adjacent to an activating group) is 1. The highest BCUT2D eigenvalue weighted by molar-refractivity contribution is 5.91. The van der Waals surface area contributed by atoms with Gasteiger partial charge in [-0.05, 0) is 52.1 Å². The van der Waals surface area contributed by atoms with Gasteiger partial charge in [0.05, 0.1) is 30.6 Å². The summed E-state index contributed by atoms with van der Waals surface area (Å²) in [5, 5.41) is 12.7. The molecule has 40 heavy (non-hydrogen) atoms. The number of nitrogens with zero attached hydrogens (tertiary/aromatic N) is 5. The predicted octanol–water partition coefficient (Wildman–Crippen LogP) is 3.92. The second-order valence-electron chi connectivity index (χ2n) is 10.0. The van der Waals surface area contributed by atoms with E-state index in [9.17, 15) is 13.6 Å². The number of alkyl halides is 2. The van der Waals surface area contributed by atoms with Gasteiger partial charge in [-0.3, -0.25) is 4.79 Å². The minimum Gasteiger partial charge on any atom is -0.481 e. The first-order valence-electron chi connectivity index (χ1n) is 12.8. The Morgan fingerprint density at radius 2 is 2.02 bits per heavy atom. The Morgan fingerprint density at radius 1 is 1.27 bits per heavy atom. The number of rotatable bonds is 9. The molecule has 0 saturated carbocycles. The van der Waals surface area contributed by atoms with Crippen LogP contribution in [-0.2, 0) is 10.7 Å². The van der Waals surface area contributed by atoms with Gasteiger partial charge in [0.25, 0.3) is 5.92 Å². The fourth-order valence-corrected chi connectivity index (χ4v) is 4.69. The summed E-state index contributed by atoms with van der Waals surface area (Å²) in [5.74, 6) is -3.65. The van der Waals surface area contributed by atoms with Crippen molar-refractivity contribution in [1.29, 1.82) is 0 Å². The number of hydrogen-bond donors (Lipinski definition) is 2. The predicted molar refractivity (Wildman–Crippen MR) is 146 cm³/mol. The largest absolute Gasteiger partial charge is 0.481 e. The topological polar surface area (TPSA) is 104 Å². The molecule has 1 atom stereocenters. The summed E-state index contributed by atoms with van der Waals surface area (Å²) < 4.78 is 48.9. The monoisotopic (exact) mass is 558 g/mol. The molecule has 0 aliphatic carbocycles. The number of aryl methyl sites for hydroxylation is 1. The van der Waals surface area contributed by atoms with Crippen molar-refractivity contribution in [3.8, 4) is 5.88 Å². The van der Waals surface area contributed by atoms with E-state index in [0.717, 1.165) is 11.6 Å². The fraction of sp³-hybridized carbons (Fsp3) is 0.429. The molecule has 3 aromatic rings. The quantitative estimate of drug-likeness (QED) is 0.408. The van der Waals surface area contributed by atoms with E-state index in [-0.39, 0.29) is 11.5 Å². The molecule has 2 N–H and O–H groups in total. The molecule has 2 aromatic heterocycles. The second-order valence-corrected chi connectivity index (χ2v) is 10.0. The third-order valence-corrected chi connectivity index (χ3v) is 6.76. The number of carbonyl (C=O) groups is 1. The highest BCUT2D eigenvalue weighted by Gasteiger charge is 2.35. The van der Waals surface area contributed by atoms with Crippen LogP contribution in [0.2, 0.25) is 0 Å². The van der Waals surface area contributed by atoms with Crippen molar-refractivity contribution in [3.63, 3.8) is 0 Å². The molecular formula is C28H33F3N6O3. The summed E-state index contributed by atoms with van der Waals surface area (Å²) >= 11 is 0. The Labute approximate surface area is 230 Å². The number of ether oxygens (including phenoxy) is 1. The van der Waals surface area contributed by atoms with Gasteiger partial charge in [-0.1, -0.05) is 18.2 Å². The molecule has 12 heteroatoms. The van der Waals surface area contributed by atoms with E-state index < -0.39 is 30.0 Å². The average molecular weight is 559 g/mol. The Balaban J connectivity index is 1.70. The lowest BCUT2D eigenvalue weighted by atomic mass is 9.98. The number of aliphatic hydroxyl groups is 1. The Bertz CT molecular complexity index is 1450. The molecular weight excluding hydrogens is 525 g/mol. The van der Waals surface area contributed by atoms with Crippen LogP contribution < -0.4 is 10.1 Å². The zero-order chi connectivity index (χ0) is 29.2. The van der Waals surface area contributed by atoms with Crippen LogP contribution in [0.5, 0.6) is 5.88 Å². The first kappa shape index (κ1) is 29.2. The van der Waals surface area contributed by atoms with Gasteiger partial charge in [-0.25, -0.2) is 14.4 Å². The van der Waals surface area contributed by atoms with Crippen LogP contribution in [0.25, 0.3) is 16.6 Å². The summed E-state index contributed by atoms with van der Waals surface area (Å²) in [6.07, 6.45) is 2.56. The van der Waals surface area contributed by atoms with E-state index in [1.807, 2.05) is 31.1 Å². The molecule has 0 radical (unpaired) electrons. The molecule has 0 bridgehead atoms. The zero-order valence-corrected chi connectivity index (χ0v) is 23.1. The lowest BCUT2D eigenvalue weighted by Crippen LogP contribution is -2.40. The Morgan fingerprint density at radius 3 is 2.65 bits per heavy atom. The molecule has 1 unspecified atom stereocenters. The molecule has 4 rings (SSSR count). The molecule has 3 heterocycles. The van der Waals surface area contributed by atoms with Gasteiger partial charge in [-0.2, -0.15) is 13.8 Å². The summed E-state index contributed by atoms with van der Waals surface area (Å²) in [5.41, 5.74) is 1.14. The third kappa shape index (κ3) is 6.02. The SMILES string of the molecule is COc1nc2nc(C)nc(NC(C)c3cccc(C(F)(F)CO)c3F)c2cc1C1=CCN(C(=O)CN(C)C)CC1. The van der Waals surface area contributed by atoms with Crippen LogP contribution in [0.15, 0.2) is 30.3 Å². The smallest absolute Gasteiger partial charge is 0.298 e. The number of aromatic nitrogens is 3. The first-order valence-corrected chi connectivity index (χ1v) is 12.8. The van der Waals surface area contributed by atoms with Crippen molar-refractivity contribution in [1.82, 2.24) is 24.8 Å². The first-order chi connectivity index (χ1) is 18.9. The molecule has 9 nitrogen and oxygen atoms in total. The second kappa shape index (κ2) is 11.8. The van der Waals surface area contributed by atoms with Gasteiger partial charge < -0.3 is 25.0 Å². The highest BCUT2D eigenvalue weighted by atomic mass is 19.3. The zero-order valence-electron chi connectivity index (χ0n) is 23.1. The normalized spacial score (nSPS) is 14.8. The number of pyridine rings is 1. The van der Waals surface area contributed by atoms with Gasteiger partial charge in [0.15, 0.2) is 5.65 Å². The summed E-state index contributed by atoms with van der Waals surface area (Å²) in [6, 6.07) is 4.77. The number of benzene rings is 1. The standard InChI is InChI=1S/C28H33F3N6O3/c1-16(19-7-6-8-22(24(19)29)28(30,31)15-38)32-25-21-13-20(27(40-5)35-26(21)34-17(2)33-25)18-9-11-37(12-10-18)23(39)14-36(3)4/h6-9,13,16,38H,10-12,14-15H2,1-5H3,(H,32,33,34,35). The number of carbonyl (C=O) groups excluding carboxylic acids is 1. The van der Waals surface area contributed by atoms with Crippen LogP contribution in [0.3, 0.4) is 0 Å². The molecule has 0 saturated heterocycles. The minimum absolute atomic E-state index is 0.00536. The molecule has 1 aromatic carbocycles. The van der Waals surface area contributed by atoms with Crippen LogP contribution >= 0.6 is 0 Å². The van der Waals surface area contributed by atoms with E-state index in [4.69, 9.17) is 9.84 Å². The number of amides is 1. The number of hydrogen-bond acceptors (Lipinski definition) is 8. The lowest BCUT2D eigenvalue weighted by Gasteiger charge is -2.28. The van der Waals surface area contributed by atoms with Crippen LogP contribution in [0.1, 0.15) is 41.9 Å². The number of aliphatic hydroxyl groups excluding tert-OH is 1. The van der Waals surface area contributed by atoms with Gasteiger partial charge in [0, 0.05) is 24.2 Å². The Kier molecular flexibility index (Phi) is 8.59. The maximum atomic E-state index is 15.1. The number of methoxy groups -OCH3 is 1. The van der Waals surface area contributed by atoms with Gasteiger partial charge in [-0.15, -0.1) is 0 Å². The summed E-state index contributed by atoms with van der Waals surface area (Å²) in [6.45, 7) is 3.13. The van der Waals surface area contributed by atoms with Crippen molar-refractivity contribution >= 4 is 28.3 Å². The number of fused-ring (bicyclic) bond motifs is 1. The van der Waals surface area contributed by atoms with Crippen molar-refractivity contribution in [3.05, 3.63) is 58.7 Å². The van der Waals surface area contributed by atoms with E-state index in [1.165, 1.54) is 19.2 Å². The van der Waals surface area contributed by atoms with Gasteiger partial charge in [0.2, 0.25) is 11.8 Å². The summed E-state index contributed by atoms with van der Waals surface area (Å²) in [4.78, 5) is 29.6. The van der Waals surface area contributed by atoms with Crippen LogP contribution in [-0.4, -0.2) is 83.2 Å². The molecule has 0 fully saturated rings. The van der Waals surface area contributed by atoms with E-state index in [1.54, 1.807) is 18.7 Å². The van der Waals surface area contributed by atoms with E-state index in [2.05, 4.69) is 20.3 Å².